The number of oxazole rings is 1. The van der Waals surface area contributed by atoms with E-state index < -0.39 is 30.2 Å². The van der Waals surface area contributed by atoms with Gasteiger partial charge < -0.3 is 30.7 Å². The van der Waals surface area contributed by atoms with Gasteiger partial charge in [0.1, 0.15) is 11.6 Å². The predicted molar refractivity (Wildman–Crippen MR) is 137 cm³/mol. The van der Waals surface area contributed by atoms with Crippen molar-refractivity contribution in [2.45, 2.75) is 39.0 Å². The Hall–Kier alpha value is -3.06. The molecule has 0 radical (unpaired) electrons. The molecule has 8 nitrogen and oxygen atoms in total. The van der Waals surface area contributed by atoms with Gasteiger partial charge in [0.2, 0.25) is 5.89 Å². The maximum absolute atomic E-state index is 13.9. The summed E-state index contributed by atoms with van der Waals surface area (Å²) in [6.45, 7) is -1.04. The minimum Gasteiger partial charge on any atom is -0.490 e. The second-order valence-electron chi connectivity index (χ2n) is 7.82. The van der Waals surface area contributed by atoms with E-state index in [9.17, 15) is 22.4 Å². The standard InChI is InChI=1S/C24H26F4N4O4.2ClH/c1-13(30)21-20(22(33)31-12-15-4-6-16(25)11-17(15)26)32-23(36-21)14-5-7-18(35-24(27)28)19(10-14)34-9-3-2-8-29;;/h4-7,10-11,13,24H,2-3,8-9,12,29-30H2,1H3,(H,31,33);2*1H. The van der Waals surface area contributed by atoms with E-state index >= 15 is 0 Å². The number of hydrogen-bond acceptors (Lipinski definition) is 7. The molecule has 0 aliphatic heterocycles. The first-order valence-corrected chi connectivity index (χ1v) is 11.1. The molecule has 5 N–H and O–H groups in total. The zero-order valence-electron chi connectivity index (χ0n) is 20.2. The highest BCUT2D eigenvalue weighted by Gasteiger charge is 2.24. The third-order valence-corrected chi connectivity index (χ3v) is 5.00. The van der Waals surface area contributed by atoms with Crippen molar-refractivity contribution in [3.05, 3.63) is 65.1 Å². The van der Waals surface area contributed by atoms with Gasteiger partial charge in [0.25, 0.3) is 5.91 Å². The van der Waals surface area contributed by atoms with Crippen molar-refractivity contribution < 1.29 is 36.2 Å². The molecule has 3 aromatic rings. The second-order valence-corrected chi connectivity index (χ2v) is 7.82. The van der Waals surface area contributed by atoms with Crippen LogP contribution in [0.1, 0.15) is 47.6 Å². The van der Waals surface area contributed by atoms with Crippen LogP contribution in [0.25, 0.3) is 11.5 Å². The molecule has 0 saturated heterocycles. The number of carbonyl (C=O) groups excluding carboxylic acids is 1. The summed E-state index contributed by atoms with van der Waals surface area (Å²) in [6.07, 6.45) is 1.28. The fraction of sp³-hybridized carbons (Fsp3) is 0.333. The lowest BCUT2D eigenvalue weighted by Crippen LogP contribution is -2.25. The molecule has 0 aliphatic rings. The van der Waals surface area contributed by atoms with Crippen molar-refractivity contribution >= 4 is 30.7 Å². The predicted octanol–water partition coefficient (Wildman–Crippen LogP) is 5.13. The van der Waals surface area contributed by atoms with Crippen LogP contribution in [-0.2, 0) is 6.54 Å². The molecule has 14 heteroatoms. The Morgan fingerprint density at radius 3 is 2.47 bits per heavy atom. The van der Waals surface area contributed by atoms with E-state index in [2.05, 4.69) is 15.0 Å². The number of nitrogens with two attached hydrogens (primary N) is 2. The van der Waals surface area contributed by atoms with Gasteiger partial charge in [-0.3, -0.25) is 4.79 Å². The van der Waals surface area contributed by atoms with Crippen LogP contribution in [-0.4, -0.2) is 30.7 Å². The van der Waals surface area contributed by atoms with Gasteiger partial charge in [-0.05, 0) is 50.6 Å². The molecule has 1 atom stereocenters. The van der Waals surface area contributed by atoms with E-state index in [1.54, 1.807) is 6.92 Å². The summed E-state index contributed by atoms with van der Waals surface area (Å²) < 4.78 is 68.5. The van der Waals surface area contributed by atoms with Crippen molar-refractivity contribution in [1.29, 1.82) is 0 Å². The maximum atomic E-state index is 13.9. The minimum atomic E-state index is -3.06. The summed E-state index contributed by atoms with van der Waals surface area (Å²) in [5.41, 5.74) is 11.7. The van der Waals surface area contributed by atoms with Gasteiger partial charge in [0, 0.05) is 23.7 Å². The Morgan fingerprint density at radius 2 is 1.84 bits per heavy atom. The summed E-state index contributed by atoms with van der Waals surface area (Å²) in [6, 6.07) is 6.34. The number of aromatic nitrogens is 1. The largest absolute Gasteiger partial charge is 0.490 e. The Morgan fingerprint density at radius 1 is 1.11 bits per heavy atom. The molecule has 3 rings (SSSR count). The Kier molecular flexibility index (Phi) is 13.3. The van der Waals surface area contributed by atoms with Crippen LogP contribution < -0.4 is 26.3 Å². The van der Waals surface area contributed by atoms with Crippen molar-refractivity contribution in [3.63, 3.8) is 0 Å². The van der Waals surface area contributed by atoms with E-state index in [1.165, 1.54) is 24.3 Å². The number of benzene rings is 2. The van der Waals surface area contributed by atoms with Gasteiger partial charge in [-0.15, -0.1) is 24.8 Å². The van der Waals surface area contributed by atoms with Crippen LogP contribution in [0.4, 0.5) is 17.6 Å². The average molecular weight is 583 g/mol. The van der Waals surface area contributed by atoms with Crippen molar-refractivity contribution in [2.24, 2.45) is 11.5 Å². The number of nitrogens with one attached hydrogen (secondary N) is 1. The number of rotatable bonds is 12. The molecular formula is C24H28Cl2F4N4O4. The highest BCUT2D eigenvalue weighted by atomic mass is 35.5. The first-order chi connectivity index (χ1) is 17.2. The van der Waals surface area contributed by atoms with Gasteiger partial charge in [0.05, 0.1) is 12.6 Å². The highest BCUT2D eigenvalue weighted by molar-refractivity contribution is 5.94. The Bertz CT molecular complexity index is 1200. The maximum Gasteiger partial charge on any atom is 0.387 e. The highest BCUT2D eigenvalue weighted by Crippen LogP contribution is 2.35. The molecule has 38 heavy (non-hydrogen) atoms. The molecule has 0 fully saturated rings. The van der Waals surface area contributed by atoms with E-state index in [1.807, 2.05) is 0 Å². The average Bonchev–Trinajstić information content (AvgIpc) is 3.28. The van der Waals surface area contributed by atoms with Crippen LogP contribution in [0.3, 0.4) is 0 Å². The fourth-order valence-electron chi connectivity index (χ4n) is 3.23. The lowest BCUT2D eigenvalue weighted by Gasteiger charge is -2.13. The first kappa shape index (κ1) is 33.0. The number of hydrogen-bond donors (Lipinski definition) is 3. The molecule has 1 heterocycles. The van der Waals surface area contributed by atoms with E-state index in [0.717, 1.165) is 6.07 Å². The normalized spacial score (nSPS) is 11.4. The molecule has 1 aromatic heterocycles. The number of alkyl halides is 2. The Balaban J connectivity index is 0.00000361. The fourth-order valence-corrected chi connectivity index (χ4v) is 3.23. The molecule has 2 aromatic carbocycles. The van der Waals surface area contributed by atoms with Crippen molar-refractivity contribution in [1.82, 2.24) is 10.3 Å². The van der Waals surface area contributed by atoms with Crippen molar-refractivity contribution in [3.8, 4) is 23.0 Å². The quantitative estimate of drug-likeness (QED) is 0.199. The monoisotopic (exact) mass is 582 g/mol. The number of ether oxygens (including phenoxy) is 2. The molecule has 0 bridgehead atoms. The number of amides is 1. The molecule has 1 unspecified atom stereocenters. The van der Waals surface area contributed by atoms with Gasteiger partial charge in [-0.1, -0.05) is 6.07 Å². The smallest absolute Gasteiger partial charge is 0.387 e. The molecule has 0 spiro atoms. The topological polar surface area (TPSA) is 126 Å². The molecule has 0 saturated carbocycles. The van der Waals surface area contributed by atoms with Crippen LogP contribution in [0.15, 0.2) is 40.8 Å². The van der Waals surface area contributed by atoms with E-state index in [-0.39, 0.29) is 72.4 Å². The first-order valence-electron chi connectivity index (χ1n) is 11.1. The van der Waals surface area contributed by atoms with Crippen LogP contribution in [0, 0.1) is 11.6 Å². The molecule has 0 aliphatic carbocycles. The van der Waals surface area contributed by atoms with Gasteiger partial charge in [-0.2, -0.15) is 8.78 Å². The molecule has 210 valence electrons. The van der Waals surface area contributed by atoms with Crippen LogP contribution in [0.5, 0.6) is 11.5 Å². The van der Waals surface area contributed by atoms with Gasteiger partial charge in [0.15, 0.2) is 23.0 Å². The molecular weight excluding hydrogens is 555 g/mol. The zero-order valence-corrected chi connectivity index (χ0v) is 21.9. The zero-order chi connectivity index (χ0) is 26.2. The van der Waals surface area contributed by atoms with Gasteiger partial charge >= 0.3 is 6.61 Å². The summed E-state index contributed by atoms with van der Waals surface area (Å²) in [5, 5.41) is 2.50. The second kappa shape index (κ2) is 15.4. The van der Waals surface area contributed by atoms with E-state index in [4.69, 9.17) is 20.6 Å². The number of nitrogens with zero attached hydrogens (tertiary/aromatic N) is 1. The van der Waals surface area contributed by atoms with Gasteiger partial charge in [-0.25, -0.2) is 13.8 Å². The van der Waals surface area contributed by atoms with E-state index in [0.29, 0.717) is 31.0 Å². The number of halogens is 6. The third kappa shape index (κ3) is 8.76. The third-order valence-electron chi connectivity index (χ3n) is 5.00. The summed E-state index contributed by atoms with van der Waals surface area (Å²) in [7, 11) is 0. The van der Waals surface area contributed by atoms with Crippen LogP contribution in [0.2, 0.25) is 0 Å². The summed E-state index contributed by atoms with van der Waals surface area (Å²) in [5.74, 6) is -2.36. The lowest BCUT2D eigenvalue weighted by atomic mass is 10.2. The Labute approximate surface area is 228 Å². The van der Waals surface area contributed by atoms with Crippen LogP contribution >= 0.6 is 24.8 Å². The number of unbranched alkanes of at least 4 members (excludes halogenated alkanes) is 1. The minimum absolute atomic E-state index is 0. The SMILES string of the molecule is CC(N)c1oc(-c2ccc(OC(F)F)c(OCCCCN)c2)nc1C(=O)NCc1ccc(F)cc1F.Cl.Cl. The van der Waals surface area contributed by atoms with Crippen molar-refractivity contribution in [2.75, 3.05) is 13.2 Å². The number of carbonyl (C=O) groups is 1. The summed E-state index contributed by atoms with van der Waals surface area (Å²) in [4.78, 5) is 17.0. The molecule has 1 amide bonds. The lowest BCUT2D eigenvalue weighted by molar-refractivity contribution is -0.0515. The summed E-state index contributed by atoms with van der Waals surface area (Å²) >= 11 is 0.